The van der Waals surface area contributed by atoms with Gasteiger partial charge in [0.05, 0.1) is 15.8 Å². The zero-order valence-corrected chi connectivity index (χ0v) is 14.6. The van der Waals surface area contributed by atoms with Gasteiger partial charge in [0.25, 0.3) is 11.8 Å². The summed E-state index contributed by atoms with van der Waals surface area (Å²) in [5.74, 6) is -0.347. The number of para-hydroxylation sites is 1. The molecule has 128 valence electrons. The number of benzene rings is 1. The first-order valence-electron chi connectivity index (χ1n) is 7.98. The van der Waals surface area contributed by atoms with E-state index < -0.39 is 0 Å². The van der Waals surface area contributed by atoms with Gasteiger partial charge in [-0.1, -0.05) is 12.1 Å². The summed E-state index contributed by atoms with van der Waals surface area (Å²) in [6.45, 7) is 2.82. The van der Waals surface area contributed by atoms with Crippen molar-refractivity contribution in [1.29, 1.82) is 0 Å². The third kappa shape index (κ3) is 4.39. The summed E-state index contributed by atoms with van der Waals surface area (Å²) < 4.78 is 0.992. The average Bonchev–Trinajstić information content (AvgIpc) is 3.06. The maximum absolute atomic E-state index is 12.1. The molecule has 0 saturated heterocycles. The van der Waals surface area contributed by atoms with E-state index in [0.29, 0.717) is 30.1 Å². The molecule has 1 aromatic carbocycles. The number of fused-ring (bicyclic) bond motifs is 1. The summed E-state index contributed by atoms with van der Waals surface area (Å²) >= 11 is 1.37. The van der Waals surface area contributed by atoms with Crippen molar-refractivity contribution in [2.45, 2.75) is 13.3 Å². The van der Waals surface area contributed by atoms with Gasteiger partial charge in [0.1, 0.15) is 0 Å². The smallest absolute Gasteiger partial charge is 0.280 e. The lowest BCUT2D eigenvalue weighted by Gasteiger charge is -2.06. The molecule has 0 atom stereocenters. The first kappa shape index (κ1) is 17.0. The SMILES string of the molecule is Cc1ccc(C(=O)NCCCNC(=O)c2nc3ccccc3s2)cn1. The molecule has 0 spiro atoms. The number of carbonyl (C=O) groups is 2. The number of rotatable bonds is 6. The third-order valence-electron chi connectivity index (χ3n) is 3.59. The zero-order chi connectivity index (χ0) is 17.6. The Bertz CT molecular complexity index is 856. The predicted octanol–water partition coefficient (Wildman–Crippen LogP) is 2.55. The van der Waals surface area contributed by atoms with Crippen LogP contribution < -0.4 is 10.6 Å². The van der Waals surface area contributed by atoms with Crippen LogP contribution in [-0.2, 0) is 0 Å². The molecule has 0 aliphatic rings. The Balaban J connectivity index is 1.41. The summed E-state index contributed by atoms with van der Waals surface area (Å²) in [6, 6.07) is 11.2. The number of carbonyl (C=O) groups excluding carboxylic acids is 2. The van der Waals surface area contributed by atoms with Crippen molar-refractivity contribution in [3.63, 3.8) is 0 Å². The second-order valence-corrected chi connectivity index (χ2v) is 6.57. The number of pyridine rings is 1. The Morgan fingerprint density at radius 2 is 1.80 bits per heavy atom. The summed E-state index contributed by atoms with van der Waals surface area (Å²) in [4.78, 5) is 32.4. The van der Waals surface area contributed by atoms with Crippen molar-refractivity contribution < 1.29 is 9.59 Å². The van der Waals surface area contributed by atoms with Gasteiger partial charge in [0.2, 0.25) is 0 Å². The quantitative estimate of drug-likeness (QED) is 0.666. The number of aryl methyl sites for hydroxylation is 1. The maximum Gasteiger partial charge on any atom is 0.280 e. The second kappa shape index (κ2) is 7.85. The Kier molecular flexibility index (Phi) is 5.35. The summed E-state index contributed by atoms with van der Waals surface area (Å²) in [6.07, 6.45) is 2.20. The number of amides is 2. The van der Waals surface area contributed by atoms with Crippen molar-refractivity contribution >= 4 is 33.4 Å². The van der Waals surface area contributed by atoms with E-state index in [9.17, 15) is 9.59 Å². The van der Waals surface area contributed by atoms with Crippen LogP contribution in [0, 0.1) is 6.92 Å². The molecule has 2 N–H and O–H groups in total. The number of nitrogens with zero attached hydrogens (tertiary/aromatic N) is 2. The van der Waals surface area contributed by atoms with Crippen molar-refractivity contribution in [2.24, 2.45) is 0 Å². The predicted molar refractivity (Wildman–Crippen MR) is 97.9 cm³/mol. The normalized spacial score (nSPS) is 10.6. The molecule has 0 unspecified atom stereocenters. The summed E-state index contributed by atoms with van der Waals surface area (Å²) in [7, 11) is 0. The molecule has 3 rings (SSSR count). The van der Waals surface area contributed by atoms with Gasteiger partial charge in [-0.15, -0.1) is 11.3 Å². The highest BCUT2D eigenvalue weighted by Gasteiger charge is 2.11. The lowest BCUT2D eigenvalue weighted by atomic mass is 10.2. The molecule has 0 radical (unpaired) electrons. The molecule has 2 amide bonds. The fourth-order valence-corrected chi connectivity index (χ4v) is 3.12. The summed E-state index contributed by atoms with van der Waals surface area (Å²) in [5.41, 5.74) is 2.23. The molecule has 0 aliphatic heterocycles. The molecule has 0 saturated carbocycles. The molecule has 7 heteroatoms. The molecule has 0 aliphatic carbocycles. The van der Waals surface area contributed by atoms with Crippen LogP contribution in [0.4, 0.5) is 0 Å². The maximum atomic E-state index is 12.1. The standard InChI is InChI=1S/C18H18N4O2S/c1-12-7-8-13(11-21-12)16(23)19-9-4-10-20-17(24)18-22-14-5-2-3-6-15(14)25-18/h2-3,5-8,11H,4,9-10H2,1H3,(H,19,23)(H,20,24). The lowest BCUT2D eigenvalue weighted by Crippen LogP contribution is -2.29. The van der Waals surface area contributed by atoms with Crippen LogP contribution in [0.2, 0.25) is 0 Å². The van der Waals surface area contributed by atoms with Crippen LogP contribution in [0.5, 0.6) is 0 Å². The van der Waals surface area contributed by atoms with Crippen molar-refractivity contribution in [1.82, 2.24) is 20.6 Å². The first-order chi connectivity index (χ1) is 12.1. The average molecular weight is 354 g/mol. The zero-order valence-electron chi connectivity index (χ0n) is 13.8. The fourth-order valence-electron chi connectivity index (χ4n) is 2.24. The topological polar surface area (TPSA) is 84.0 Å². The molecule has 2 heterocycles. The highest BCUT2D eigenvalue weighted by atomic mass is 32.1. The highest BCUT2D eigenvalue weighted by molar-refractivity contribution is 7.20. The minimum Gasteiger partial charge on any atom is -0.352 e. The van der Waals surface area contributed by atoms with Crippen molar-refractivity contribution in [2.75, 3.05) is 13.1 Å². The van der Waals surface area contributed by atoms with E-state index in [1.165, 1.54) is 11.3 Å². The largest absolute Gasteiger partial charge is 0.352 e. The van der Waals surface area contributed by atoms with Crippen molar-refractivity contribution in [3.8, 4) is 0 Å². The molecular formula is C18H18N4O2S. The second-order valence-electron chi connectivity index (χ2n) is 5.54. The first-order valence-corrected chi connectivity index (χ1v) is 8.80. The van der Waals surface area contributed by atoms with Gasteiger partial charge >= 0.3 is 0 Å². The van der Waals surface area contributed by atoms with E-state index in [4.69, 9.17) is 0 Å². The highest BCUT2D eigenvalue weighted by Crippen LogP contribution is 2.21. The minimum absolute atomic E-state index is 0.162. The Hall–Kier alpha value is -2.80. The van der Waals surface area contributed by atoms with E-state index >= 15 is 0 Å². The van der Waals surface area contributed by atoms with Gasteiger partial charge in [-0.25, -0.2) is 4.98 Å². The minimum atomic E-state index is -0.185. The molecule has 2 aromatic heterocycles. The third-order valence-corrected chi connectivity index (χ3v) is 4.62. The van der Waals surface area contributed by atoms with E-state index in [1.54, 1.807) is 18.3 Å². The molecule has 0 bridgehead atoms. The Labute approximate surface area is 149 Å². The van der Waals surface area contributed by atoms with Crippen LogP contribution in [0.15, 0.2) is 42.6 Å². The molecule has 6 nitrogen and oxygen atoms in total. The van der Waals surface area contributed by atoms with Crippen molar-refractivity contribution in [3.05, 3.63) is 58.9 Å². The van der Waals surface area contributed by atoms with Gasteiger partial charge in [0, 0.05) is 25.0 Å². The van der Waals surface area contributed by atoms with Gasteiger partial charge in [-0.3, -0.25) is 14.6 Å². The van der Waals surface area contributed by atoms with E-state index in [-0.39, 0.29) is 11.8 Å². The van der Waals surface area contributed by atoms with Crippen LogP contribution in [-0.4, -0.2) is 34.9 Å². The van der Waals surface area contributed by atoms with Crippen LogP contribution in [0.3, 0.4) is 0 Å². The fraction of sp³-hybridized carbons (Fsp3) is 0.222. The van der Waals surface area contributed by atoms with Crippen LogP contribution in [0.25, 0.3) is 10.2 Å². The molecule has 0 fully saturated rings. The van der Waals surface area contributed by atoms with E-state index in [2.05, 4.69) is 20.6 Å². The van der Waals surface area contributed by atoms with E-state index in [0.717, 1.165) is 15.9 Å². The number of thiazole rings is 1. The van der Waals surface area contributed by atoms with Crippen LogP contribution >= 0.6 is 11.3 Å². The number of hydrogen-bond acceptors (Lipinski definition) is 5. The van der Waals surface area contributed by atoms with Gasteiger partial charge in [-0.2, -0.15) is 0 Å². The lowest BCUT2D eigenvalue weighted by molar-refractivity contribution is 0.0951. The summed E-state index contributed by atoms with van der Waals surface area (Å²) in [5, 5.41) is 6.09. The number of aromatic nitrogens is 2. The molecular weight excluding hydrogens is 336 g/mol. The molecule has 3 aromatic rings. The van der Waals surface area contributed by atoms with Gasteiger partial charge in [-0.05, 0) is 37.6 Å². The molecule has 25 heavy (non-hydrogen) atoms. The Morgan fingerprint density at radius 1 is 1.04 bits per heavy atom. The van der Waals surface area contributed by atoms with Gasteiger partial charge < -0.3 is 10.6 Å². The van der Waals surface area contributed by atoms with Crippen LogP contribution in [0.1, 0.15) is 32.3 Å². The van der Waals surface area contributed by atoms with E-state index in [1.807, 2.05) is 31.2 Å². The Morgan fingerprint density at radius 3 is 2.52 bits per heavy atom. The number of nitrogens with one attached hydrogen (secondary N) is 2. The monoisotopic (exact) mass is 354 g/mol. The van der Waals surface area contributed by atoms with Gasteiger partial charge in [0.15, 0.2) is 5.01 Å². The number of hydrogen-bond donors (Lipinski definition) is 2.